The Morgan fingerprint density at radius 3 is 2.53 bits per heavy atom. The molecule has 1 N–H and O–H groups in total. The zero-order chi connectivity index (χ0) is 13.6. The van der Waals surface area contributed by atoms with Crippen LogP contribution in [0.25, 0.3) is 0 Å². The van der Waals surface area contributed by atoms with Crippen LogP contribution in [0.2, 0.25) is 0 Å². The molecule has 7 heteroatoms. The first-order valence-electron chi connectivity index (χ1n) is 6.31. The monoisotopic (exact) mass is 282 g/mol. The summed E-state index contributed by atoms with van der Waals surface area (Å²) in [6.07, 6.45) is 2.76. The molecule has 2 unspecified atom stereocenters. The minimum Gasteiger partial charge on any atom is -0.393 e. The van der Waals surface area contributed by atoms with E-state index in [4.69, 9.17) is 0 Å². The summed E-state index contributed by atoms with van der Waals surface area (Å²) in [5, 5.41) is 20.4. The van der Waals surface area contributed by atoms with Crippen molar-refractivity contribution in [3.8, 4) is 0 Å². The van der Waals surface area contributed by atoms with Gasteiger partial charge in [0.25, 0.3) is 5.91 Å². The molecule has 2 fully saturated rings. The number of nitrogens with zero attached hydrogens (tertiary/aromatic N) is 2. The number of thiophene rings is 1. The van der Waals surface area contributed by atoms with Crippen molar-refractivity contribution in [1.29, 1.82) is 0 Å². The molecule has 1 aromatic rings. The third-order valence-electron chi connectivity index (χ3n) is 3.93. The van der Waals surface area contributed by atoms with Crippen molar-refractivity contribution < 1.29 is 14.8 Å². The van der Waals surface area contributed by atoms with Crippen molar-refractivity contribution >= 4 is 22.2 Å². The van der Waals surface area contributed by atoms with Gasteiger partial charge in [0.2, 0.25) is 0 Å². The normalized spacial score (nSPS) is 29.5. The largest absolute Gasteiger partial charge is 0.393 e. The van der Waals surface area contributed by atoms with Gasteiger partial charge in [-0.25, -0.2) is 0 Å². The standard InChI is InChI=1S/C12H14N2O4S/c15-9-5-7-1-2-8(6-9)13(7)12(16)10-3-4-11(19-10)14(17)18/h3-4,7-9,15H,1-2,5-6H2. The second-order valence-electron chi connectivity index (χ2n) is 5.12. The zero-order valence-electron chi connectivity index (χ0n) is 10.2. The maximum Gasteiger partial charge on any atom is 0.324 e. The summed E-state index contributed by atoms with van der Waals surface area (Å²) < 4.78 is 0. The Morgan fingerprint density at radius 1 is 1.37 bits per heavy atom. The molecule has 2 saturated heterocycles. The highest BCUT2D eigenvalue weighted by Crippen LogP contribution is 2.38. The summed E-state index contributed by atoms with van der Waals surface area (Å²) in [4.78, 5) is 24.9. The van der Waals surface area contributed by atoms with Crippen molar-refractivity contribution in [3.63, 3.8) is 0 Å². The lowest BCUT2D eigenvalue weighted by molar-refractivity contribution is -0.380. The van der Waals surface area contributed by atoms with E-state index in [1.54, 1.807) is 0 Å². The van der Waals surface area contributed by atoms with Crippen LogP contribution in [0.5, 0.6) is 0 Å². The molecule has 3 heterocycles. The number of amides is 1. The molecular formula is C12H14N2O4S. The highest BCUT2D eigenvalue weighted by Gasteiger charge is 2.43. The van der Waals surface area contributed by atoms with Gasteiger partial charge in [0.15, 0.2) is 0 Å². The molecule has 0 saturated carbocycles. The molecule has 1 amide bonds. The van der Waals surface area contributed by atoms with E-state index in [1.807, 2.05) is 4.90 Å². The molecule has 0 aliphatic carbocycles. The van der Waals surface area contributed by atoms with Gasteiger partial charge in [-0.1, -0.05) is 11.3 Å². The number of rotatable bonds is 2. The average Bonchev–Trinajstić information content (AvgIpc) is 2.93. The minimum atomic E-state index is -0.476. The van der Waals surface area contributed by atoms with Crippen molar-refractivity contribution in [2.45, 2.75) is 43.9 Å². The Kier molecular flexibility index (Phi) is 3.02. The smallest absolute Gasteiger partial charge is 0.324 e. The molecule has 1 aromatic heterocycles. The average molecular weight is 282 g/mol. The molecule has 2 bridgehead atoms. The van der Waals surface area contributed by atoms with Gasteiger partial charge in [-0.2, -0.15) is 0 Å². The molecule has 102 valence electrons. The summed E-state index contributed by atoms with van der Waals surface area (Å²) >= 11 is 0.923. The van der Waals surface area contributed by atoms with Crippen LogP contribution in [0.15, 0.2) is 12.1 Å². The molecule has 2 atom stereocenters. The van der Waals surface area contributed by atoms with Crippen LogP contribution in [0.4, 0.5) is 5.00 Å². The first-order valence-corrected chi connectivity index (χ1v) is 7.13. The second kappa shape index (κ2) is 4.57. The summed E-state index contributed by atoms with van der Waals surface area (Å²) in [6.45, 7) is 0. The van der Waals surface area contributed by atoms with Crippen molar-refractivity contribution in [2.24, 2.45) is 0 Å². The van der Waals surface area contributed by atoms with E-state index in [-0.39, 0.29) is 29.1 Å². The van der Waals surface area contributed by atoms with E-state index < -0.39 is 4.92 Å². The minimum absolute atomic E-state index is 0.00672. The lowest BCUT2D eigenvalue weighted by Gasteiger charge is -2.36. The predicted octanol–water partition coefficient (Wildman–Crippen LogP) is 1.78. The lowest BCUT2D eigenvalue weighted by atomic mass is 10.00. The van der Waals surface area contributed by atoms with Gasteiger partial charge in [-0.15, -0.1) is 0 Å². The maximum absolute atomic E-state index is 12.4. The fourth-order valence-corrected chi connectivity index (χ4v) is 3.91. The number of aliphatic hydroxyl groups is 1. The Morgan fingerprint density at radius 2 is 2.00 bits per heavy atom. The van der Waals surface area contributed by atoms with Gasteiger partial charge in [0, 0.05) is 18.2 Å². The molecule has 3 rings (SSSR count). The molecule has 6 nitrogen and oxygen atoms in total. The summed E-state index contributed by atoms with van der Waals surface area (Å²) in [5.41, 5.74) is 0. The number of fused-ring (bicyclic) bond motifs is 2. The molecule has 19 heavy (non-hydrogen) atoms. The van der Waals surface area contributed by atoms with Gasteiger partial charge in [-0.3, -0.25) is 14.9 Å². The van der Waals surface area contributed by atoms with Gasteiger partial charge in [0.1, 0.15) is 0 Å². The number of hydrogen-bond acceptors (Lipinski definition) is 5. The van der Waals surface area contributed by atoms with Crippen molar-refractivity contribution in [1.82, 2.24) is 4.90 Å². The molecule has 0 aromatic carbocycles. The summed E-state index contributed by atoms with van der Waals surface area (Å²) in [7, 11) is 0. The van der Waals surface area contributed by atoms with Crippen LogP contribution in [0, 0.1) is 10.1 Å². The number of carbonyl (C=O) groups excluding carboxylic acids is 1. The Labute approximate surface area is 113 Å². The van der Waals surface area contributed by atoms with E-state index in [0.717, 1.165) is 24.2 Å². The van der Waals surface area contributed by atoms with Crippen LogP contribution in [-0.2, 0) is 0 Å². The maximum atomic E-state index is 12.4. The first-order chi connectivity index (χ1) is 9.06. The SMILES string of the molecule is O=C(c1ccc([N+](=O)[O-])s1)N1C2CCC1CC(O)C2. The lowest BCUT2D eigenvalue weighted by Crippen LogP contribution is -2.47. The van der Waals surface area contributed by atoms with E-state index in [0.29, 0.717) is 17.7 Å². The molecule has 2 aliphatic heterocycles. The van der Waals surface area contributed by atoms with E-state index in [2.05, 4.69) is 0 Å². The number of aliphatic hydroxyl groups excluding tert-OH is 1. The van der Waals surface area contributed by atoms with Crippen LogP contribution < -0.4 is 0 Å². The molecule has 0 radical (unpaired) electrons. The van der Waals surface area contributed by atoms with Gasteiger partial charge in [-0.05, 0) is 31.7 Å². The fourth-order valence-electron chi connectivity index (χ4n) is 3.15. The summed E-state index contributed by atoms with van der Waals surface area (Å²) in [6, 6.07) is 3.07. The molecule has 2 aliphatic rings. The van der Waals surface area contributed by atoms with Crippen LogP contribution in [0.1, 0.15) is 35.4 Å². The first kappa shape index (κ1) is 12.6. The van der Waals surface area contributed by atoms with Crippen LogP contribution in [0.3, 0.4) is 0 Å². The fraction of sp³-hybridized carbons (Fsp3) is 0.583. The van der Waals surface area contributed by atoms with Crippen LogP contribution in [-0.4, -0.2) is 39.0 Å². The highest BCUT2D eigenvalue weighted by atomic mass is 32.1. The Hall–Kier alpha value is -1.47. The third-order valence-corrected chi connectivity index (χ3v) is 4.95. The van der Waals surface area contributed by atoms with E-state index in [1.165, 1.54) is 12.1 Å². The van der Waals surface area contributed by atoms with Gasteiger partial charge >= 0.3 is 5.00 Å². The highest BCUT2D eigenvalue weighted by molar-refractivity contribution is 7.17. The van der Waals surface area contributed by atoms with Gasteiger partial charge < -0.3 is 10.0 Å². The number of piperidine rings is 1. The topological polar surface area (TPSA) is 83.7 Å². The van der Waals surface area contributed by atoms with Gasteiger partial charge in [0.05, 0.1) is 15.9 Å². The molecule has 0 spiro atoms. The Bertz CT molecular complexity index is 516. The predicted molar refractivity (Wildman–Crippen MR) is 69.2 cm³/mol. The van der Waals surface area contributed by atoms with E-state index >= 15 is 0 Å². The second-order valence-corrected chi connectivity index (χ2v) is 6.18. The molecular weight excluding hydrogens is 268 g/mol. The number of nitro groups is 1. The van der Waals surface area contributed by atoms with Crippen molar-refractivity contribution in [2.75, 3.05) is 0 Å². The van der Waals surface area contributed by atoms with E-state index in [9.17, 15) is 20.0 Å². The number of carbonyl (C=O) groups is 1. The third kappa shape index (κ3) is 2.12. The quantitative estimate of drug-likeness (QED) is 0.662. The Balaban J connectivity index is 1.82. The zero-order valence-corrected chi connectivity index (χ0v) is 11.0. The van der Waals surface area contributed by atoms with Crippen molar-refractivity contribution in [3.05, 3.63) is 27.1 Å². The van der Waals surface area contributed by atoms with Crippen LogP contribution >= 0.6 is 11.3 Å². The summed E-state index contributed by atoms with van der Waals surface area (Å²) in [5.74, 6) is -0.127. The number of hydrogen-bond donors (Lipinski definition) is 1.